The van der Waals surface area contributed by atoms with E-state index in [9.17, 15) is 4.79 Å². The molecule has 0 spiro atoms. The van der Waals surface area contributed by atoms with Crippen molar-refractivity contribution in [2.24, 2.45) is 11.3 Å². The maximum Gasteiger partial charge on any atom is 0.337 e. The van der Waals surface area contributed by atoms with Gasteiger partial charge in [-0.2, -0.15) is 0 Å². The molecule has 24 heavy (non-hydrogen) atoms. The number of ether oxygens (including phenoxy) is 5. The second-order valence-corrected chi connectivity index (χ2v) is 6.96. The number of carbonyl (C=O) groups excluding carboxylic acids is 1. The monoisotopic (exact) mass is 344 g/mol. The molecule has 2 aliphatic heterocycles. The lowest BCUT2D eigenvalue weighted by molar-refractivity contribution is -0.230. The van der Waals surface area contributed by atoms with Gasteiger partial charge >= 0.3 is 5.97 Å². The SMILES string of the molecule is COC(=O)C1=CO[C@@H](OCCCO)C[C@@H]1CC1OCC(C)(C)CO1. The predicted octanol–water partition coefficient (Wildman–Crippen LogP) is 1.59. The van der Waals surface area contributed by atoms with E-state index in [0.29, 0.717) is 44.7 Å². The van der Waals surface area contributed by atoms with E-state index in [0.717, 1.165) is 0 Å². The van der Waals surface area contributed by atoms with Crippen molar-refractivity contribution >= 4 is 5.97 Å². The summed E-state index contributed by atoms with van der Waals surface area (Å²) in [5.41, 5.74) is 0.472. The zero-order valence-corrected chi connectivity index (χ0v) is 14.7. The van der Waals surface area contributed by atoms with E-state index in [4.69, 9.17) is 28.8 Å². The third-order valence-corrected chi connectivity index (χ3v) is 4.09. The normalized spacial score (nSPS) is 27.2. The molecule has 0 bridgehead atoms. The highest BCUT2D eigenvalue weighted by molar-refractivity contribution is 5.88. The fourth-order valence-electron chi connectivity index (χ4n) is 2.70. The van der Waals surface area contributed by atoms with Gasteiger partial charge in [0.1, 0.15) is 0 Å². The van der Waals surface area contributed by atoms with Crippen molar-refractivity contribution < 1.29 is 33.6 Å². The van der Waals surface area contributed by atoms with E-state index in [2.05, 4.69) is 13.8 Å². The molecule has 2 atom stereocenters. The second-order valence-electron chi connectivity index (χ2n) is 6.96. The van der Waals surface area contributed by atoms with Crippen molar-refractivity contribution in [3.8, 4) is 0 Å². The Labute approximate surface area is 142 Å². The summed E-state index contributed by atoms with van der Waals surface area (Å²) in [5.74, 6) is -0.540. The number of carbonyl (C=O) groups is 1. The summed E-state index contributed by atoms with van der Waals surface area (Å²) >= 11 is 0. The Morgan fingerprint density at radius 3 is 2.71 bits per heavy atom. The third-order valence-electron chi connectivity index (χ3n) is 4.09. The van der Waals surface area contributed by atoms with E-state index in [1.807, 2.05) is 0 Å². The smallest absolute Gasteiger partial charge is 0.337 e. The summed E-state index contributed by atoms with van der Waals surface area (Å²) in [6, 6.07) is 0. The molecule has 1 fully saturated rings. The number of esters is 1. The predicted molar refractivity (Wildman–Crippen MR) is 84.8 cm³/mol. The van der Waals surface area contributed by atoms with Crippen LogP contribution in [-0.4, -0.2) is 57.2 Å². The van der Waals surface area contributed by atoms with Crippen LogP contribution in [0.1, 0.15) is 33.1 Å². The zero-order chi connectivity index (χ0) is 17.6. The highest BCUT2D eigenvalue weighted by Crippen LogP contribution is 2.33. The average molecular weight is 344 g/mol. The zero-order valence-electron chi connectivity index (χ0n) is 14.7. The standard InChI is InChI=1S/C17H28O7/c1-17(2)10-23-15(24-11-17)8-12-7-14(21-6-4-5-18)22-9-13(12)16(19)20-3/h9,12,14-15,18H,4-8,10-11H2,1-3H3/t12-,14-/m1/s1. The van der Waals surface area contributed by atoms with Crippen LogP contribution in [0.2, 0.25) is 0 Å². The van der Waals surface area contributed by atoms with Gasteiger partial charge < -0.3 is 28.8 Å². The van der Waals surface area contributed by atoms with Gasteiger partial charge in [0.15, 0.2) is 12.6 Å². The molecule has 138 valence electrons. The largest absolute Gasteiger partial charge is 0.472 e. The van der Waals surface area contributed by atoms with Crippen molar-refractivity contribution in [2.75, 3.05) is 33.5 Å². The van der Waals surface area contributed by atoms with Gasteiger partial charge in [0, 0.05) is 30.8 Å². The van der Waals surface area contributed by atoms with Gasteiger partial charge in [-0.15, -0.1) is 0 Å². The molecule has 0 amide bonds. The molecule has 2 aliphatic rings. The number of aliphatic hydroxyl groups is 1. The van der Waals surface area contributed by atoms with E-state index in [-0.39, 0.29) is 24.2 Å². The molecule has 1 saturated heterocycles. The van der Waals surface area contributed by atoms with E-state index in [1.165, 1.54) is 13.4 Å². The molecule has 7 nitrogen and oxygen atoms in total. The highest BCUT2D eigenvalue weighted by Gasteiger charge is 2.36. The lowest BCUT2D eigenvalue weighted by Gasteiger charge is -2.37. The molecular formula is C17H28O7. The molecule has 2 heterocycles. The van der Waals surface area contributed by atoms with Gasteiger partial charge in [0.05, 0.1) is 38.8 Å². The summed E-state index contributed by atoms with van der Waals surface area (Å²) in [7, 11) is 1.35. The fourth-order valence-corrected chi connectivity index (χ4v) is 2.70. The van der Waals surface area contributed by atoms with E-state index >= 15 is 0 Å². The van der Waals surface area contributed by atoms with Crippen molar-refractivity contribution in [3.63, 3.8) is 0 Å². The summed E-state index contributed by atoms with van der Waals surface area (Å²) in [4.78, 5) is 12.0. The van der Waals surface area contributed by atoms with Crippen LogP contribution in [-0.2, 0) is 28.5 Å². The van der Waals surface area contributed by atoms with Gasteiger partial charge in [-0.3, -0.25) is 0 Å². The van der Waals surface area contributed by atoms with Crippen LogP contribution in [0, 0.1) is 11.3 Å². The molecule has 7 heteroatoms. The second kappa shape index (κ2) is 8.80. The van der Waals surface area contributed by atoms with Crippen LogP contribution in [0.15, 0.2) is 11.8 Å². The van der Waals surface area contributed by atoms with E-state index < -0.39 is 12.3 Å². The quantitative estimate of drug-likeness (QED) is 0.555. The molecule has 0 radical (unpaired) electrons. The van der Waals surface area contributed by atoms with Crippen LogP contribution >= 0.6 is 0 Å². The Morgan fingerprint density at radius 2 is 2.08 bits per heavy atom. The summed E-state index contributed by atoms with van der Waals surface area (Å²) in [6.45, 7) is 5.88. The number of methoxy groups -OCH3 is 1. The van der Waals surface area contributed by atoms with Gasteiger partial charge in [-0.25, -0.2) is 4.79 Å². The first-order valence-electron chi connectivity index (χ1n) is 8.34. The minimum absolute atomic E-state index is 0.00311. The summed E-state index contributed by atoms with van der Waals surface area (Å²) in [5, 5.41) is 8.83. The average Bonchev–Trinajstić information content (AvgIpc) is 2.56. The number of hydrogen-bond acceptors (Lipinski definition) is 7. The molecule has 0 aliphatic carbocycles. The summed E-state index contributed by atoms with van der Waals surface area (Å²) < 4.78 is 27.4. The molecule has 0 aromatic rings. The first-order valence-corrected chi connectivity index (χ1v) is 8.34. The molecule has 0 aromatic carbocycles. The summed E-state index contributed by atoms with van der Waals surface area (Å²) in [6.07, 6.45) is 2.21. The minimum atomic E-state index is -0.449. The van der Waals surface area contributed by atoms with Crippen LogP contribution in [0.5, 0.6) is 0 Å². The maximum atomic E-state index is 12.0. The number of hydrogen-bond donors (Lipinski definition) is 1. The van der Waals surface area contributed by atoms with Crippen LogP contribution in [0.25, 0.3) is 0 Å². The Balaban J connectivity index is 1.95. The molecule has 1 N–H and O–H groups in total. The Bertz CT molecular complexity index is 436. The minimum Gasteiger partial charge on any atom is -0.472 e. The van der Waals surface area contributed by atoms with Gasteiger partial charge in [-0.1, -0.05) is 13.8 Å². The van der Waals surface area contributed by atoms with Gasteiger partial charge in [-0.05, 0) is 6.42 Å². The van der Waals surface area contributed by atoms with Crippen molar-refractivity contribution in [3.05, 3.63) is 11.8 Å². The van der Waals surface area contributed by atoms with Crippen molar-refractivity contribution in [1.29, 1.82) is 0 Å². The first-order chi connectivity index (χ1) is 11.4. The molecule has 2 rings (SSSR count). The Morgan fingerprint density at radius 1 is 1.38 bits per heavy atom. The molecule has 0 unspecified atom stereocenters. The van der Waals surface area contributed by atoms with Gasteiger partial charge in [0.2, 0.25) is 0 Å². The highest BCUT2D eigenvalue weighted by atomic mass is 16.7. The van der Waals surface area contributed by atoms with Crippen molar-refractivity contribution in [2.45, 2.75) is 45.7 Å². The fraction of sp³-hybridized carbons (Fsp3) is 0.824. The Kier molecular flexibility index (Phi) is 7.03. The van der Waals surface area contributed by atoms with Crippen LogP contribution in [0.4, 0.5) is 0 Å². The lowest BCUT2D eigenvalue weighted by atomic mass is 9.90. The maximum absolute atomic E-state index is 12.0. The molecule has 0 aromatic heterocycles. The van der Waals surface area contributed by atoms with Crippen LogP contribution < -0.4 is 0 Å². The van der Waals surface area contributed by atoms with Crippen molar-refractivity contribution in [1.82, 2.24) is 0 Å². The molecule has 0 saturated carbocycles. The third kappa shape index (κ3) is 5.44. The van der Waals surface area contributed by atoms with E-state index in [1.54, 1.807) is 0 Å². The number of aliphatic hydroxyl groups excluding tert-OH is 1. The molecular weight excluding hydrogens is 316 g/mol. The van der Waals surface area contributed by atoms with Crippen LogP contribution in [0.3, 0.4) is 0 Å². The van der Waals surface area contributed by atoms with Gasteiger partial charge in [0.25, 0.3) is 0 Å². The first kappa shape index (κ1) is 19.2. The number of rotatable bonds is 7. The Hall–Kier alpha value is -1.15. The topological polar surface area (TPSA) is 83.5 Å². The lowest BCUT2D eigenvalue weighted by Crippen LogP contribution is -2.40.